The van der Waals surface area contributed by atoms with Gasteiger partial charge in [-0.1, -0.05) is 26.8 Å². The molecule has 0 bridgehead atoms. The Hall–Kier alpha value is -1.07. The van der Waals surface area contributed by atoms with Gasteiger partial charge < -0.3 is 5.11 Å². The third kappa shape index (κ3) is 3.21. The van der Waals surface area contributed by atoms with Crippen LogP contribution in [0.2, 0.25) is 0 Å². The summed E-state index contributed by atoms with van der Waals surface area (Å²) < 4.78 is 31.3. The van der Waals surface area contributed by atoms with Crippen molar-refractivity contribution < 1.29 is 18.1 Å². The van der Waals surface area contributed by atoms with Crippen molar-refractivity contribution in [3.8, 4) is 5.75 Å². The molecule has 1 aromatic rings. The van der Waals surface area contributed by atoms with E-state index in [0.717, 1.165) is 0 Å². The highest BCUT2D eigenvalue weighted by atomic mass is 32.2. The first-order valence-electron chi connectivity index (χ1n) is 4.89. The molecule has 0 saturated heterocycles. The van der Waals surface area contributed by atoms with Crippen molar-refractivity contribution in [3.63, 3.8) is 0 Å². The Labute approximate surface area is 95.7 Å². The Morgan fingerprint density at radius 2 is 1.81 bits per heavy atom. The Morgan fingerprint density at radius 3 is 2.25 bits per heavy atom. The highest BCUT2D eigenvalue weighted by molar-refractivity contribution is 7.85. The SMILES string of the molecule is CC(C)(C)Cc1c(O)cccc1S(=O)(=O)O. The molecular formula is C11H16O4S. The zero-order valence-electron chi connectivity index (χ0n) is 9.56. The molecule has 1 rings (SSSR count). The summed E-state index contributed by atoms with van der Waals surface area (Å²) in [6, 6.07) is 4.09. The fourth-order valence-electron chi connectivity index (χ4n) is 1.50. The summed E-state index contributed by atoms with van der Waals surface area (Å²) in [6.07, 6.45) is 0.370. The molecule has 0 radical (unpaired) electrons. The number of phenols is 1. The van der Waals surface area contributed by atoms with Crippen molar-refractivity contribution in [1.29, 1.82) is 0 Å². The van der Waals surface area contributed by atoms with E-state index in [1.165, 1.54) is 18.2 Å². The monoisotopic (exact) mass is 244 g/mol. The van der Waals surface area contributed by atoms with Crippen LogP contribution < -0.4 is 0 Å². The van der Waals surface area contributed by atoms with Crippen molar-refractivity contribution in [2.45, 2.75) is 32.1 Å². The summed E-state index contributed by atoms with van der Waals surface area (Å²) in [7, 11) is -4.29. The van der Waals surface area contributed by atoms with Gasteiger partial charge >= 0.3 is 0 Å². The maximum Gasteiger partial charge on any atom is 0.294 e. The molecule has 0 heterocycles. The summed E-state index contributed by atoms with van der Waals surface area (Å²) in [6.45, 7) is 5.77. The van der Waals surface area contributed by atoms with Gasteiger partial charge in [0.05, 0.1) is 0 Å². The van der Waals surface area contributed by atoms with Crippen LogP contribution >= 0.6 is 0 Å². The lowest BCUT2D eigenvalue weighted by atomic mass is 9.88. The van der Waals surface area contributed by atoms with Crippen LogP contribution in [0.15, 0.2) is 23.1 Å². The topological polar surface area (TPSA) is 74.6 Å². The summed E-state index contributed by atoms with van der Waals surface area (Å²) in [4.78, 5) is -0.220. The zero-order chi connectivity index (χ0) is 12.6. The van der Waals surface area contributed by atoms with Crippen LogP contribution in [0.1, 0.15) is 26.3 Å². The van der Waals surface area contributed by atoms with E-state index in [1.807, 2.05) is 20.8 Å². The molecule has 0 fully saturated rings. The number of aromatic hydroxyl groups is 1. The zero-order valence-corrected chi connectivity index (χ0v) is 10.4. The molecule has 90 valence electrons. The standard InChI is InChI=1S/C11H16O4S/c1-11(2,3)7-8-9(12)5-4-6-10(8)16(13,14)15/h4-6,12H,7H2,1-3H3,(H,13,14,15). The number of phenolic OH excluding ortho intramolecular Hbond substituents is 1. The first kappa shape index (κ1) is 13.0. The van der Waals surface area contributed by atoms with Gasteiger partial charge in [0.1, 0.15) is 10.6 Å². The van der Waals surface area contributed by atoms with Crippen LogP contribution in [0.5, 0.6) is 5.75 Å². The van der Waals surface area contributed by atoms with Crippen molar-refractivity contribution >= 4 is 10.1 Å². The predicted molar refractivity (Wildman–Crippen MR) is 61.1 cm³/mol. The smallest absolute Gasteiger partial charge is 0.294 e. The maximum absolute atomic E-state index is 11.1. The molecule has 5 heteroatoms. The van der Waals surface area contributed by atoms with Crippen LogP contribution in [-0.4, -0.2) is 18.1 Å². The Morgan fingerprint density at radius 1 is 1.25 bits per heavy atom. The van der Waals surface area contributed by atoms with Crippen LogP contribution in [0.4, 0.5) is 0 Å². The molecule has 16 heavy (non-hydrogen) atoms. The number of hydrogen-bond donors (Lipinski definition) is 2. The van der Waals surface area contributed by atoms with Crippen molar-refractivity contribution in [3.05, 3.63) is 23.8 Å². The molecule has 4 nitrogen and oxygen atoms in total. The van der Waals surface area contributed by atoms with Gasteiger partial charge in [0.15, 0.2) is 0 Å². The minimum Gasteiger partial charge on any atom is -0.508 e. The van der Waals surface area contributed by atoms with Crippen LogP contribution in [0.25, 0.3) is 0 Å². The molecule has 0 saturated carbocycles. The molecule has 0 atom stereocenters. The van der Waals surface area contributed by atoms with E-state index in [4.69, 9.17) is 4.55 Å². The highest BCUT2D eigenvalue weighted by Crippen LogP contribution is 2.31. The van der Waals surface area contributed by atoms with Crippen molar-refractivity contribution in [2.24, 2.45) is 5.41 Å². The van der Waals surface area contributed by atoms with Crippen molar-refractivity contribution in [2.75, 3.05) is 0 Å². The summed E-state index contributed by atoms with van der Waals surface area (Å²) >= 11 is 0. The third-order valence-electron chi connectivity index (χ3n) is 2.09. The average molecular weight is 244 g/mol. The number of rotatable bonds is 2. The second-order valence-corrected chi connectivity index (χ2v) is 6.36. The quantitative estimate of drug-likeness (QED) is 0.782. The second-order valence-electron chi connectivity index (χ2n) is 4.97. The minimum atomic E-state index is -4.29. The van der Waals surface area contributed by atoms with Gasteiger partial charge in [0.25, 0.3) is 10.1 Å². The molecule has 1 aromatic carbocycles. The van der Waals surface area contributed by atoms with Crippen LogP contribution in [0.3, 0.4) is 0 Å². The highest BCUT2D eigenvalue weighted by Gasteiger charge is 2.22. The van der Waals surface area contributed by atoms with E-state index in [-0.39, 0.29) is 21.6 Å². The Kier molecular flexibility index (Phi) is 3.30. The van der Waals surface area contributed by atoms with E-state index >= 15 is 0 Å². The lowest BCUT2D eigenvalue weighted by Crippen LogP contribution is -2.13. The average Bonchev–Trinajstić information content (AvgIpc) is 2.04. The molecular weight excluding hydrogens is 228 g/mol. The Bertz CT molecular complexity index is 483. The Balaban J connectivity index is 3.36. The van der Waals surface area contributed by atoms with Gasteiger partial charge in [-0.15, -0.1) is 0 Å². The van der Waals surface area contributed by atoms with Gasteiger partial charge in [-0.2, -0.15) is 8.42 Å². The van der Waals surface area contributed by atoms with E-state index < -0.39 is 10.1 Å². The molecule has 0 amide bonds. The fourth-order valence-corrected chi connectivity index (χ4v) is 2.24. The largest absolute Gasteiger partial charge is 0.508 e. The molecule has 0 spiro atoms. The molecule has 0 aliphatic rings. The lowest BCUT2D eigenvalue weighted by molar-refractivity contribution is 0.388. The second kappa shape index (κ2) is 4.07. The summed E-state index contributed by atoms with van der Waals surface area (Å²) in [5.41, 5.74) is 0.0793. The van der Waals surface area contributed by atoms with Gasteiger partial charge in [0.2, 0.25) is 0 Å². The normalized spacial score (nSPS) is 12.8. The summed E-state index contributed by atoms with van der Waals surface area (Å²) in [5.74, 6) is -0.106. The van der Waals surface area contributed by atoms with E-state index in [9.17, 15) is 13.5 Å². The predicted octanol–water partition coefficient (Wildman–Crippen LogP) is 2.23. The molecule has 0 aliphatic carbocycles. The molecule has 0 unspecified atom stereocenters. The molecule has 0 aliphatic heterocycles. The van der Waals surface area contributed by atoms with E-state index in [2.05, 4.69) is 0 Å². The van der Waals surface area contributed by atoms with Gasteiger partial charge in [-0.25, -0.2) is 0 Å². The molecule has 2 N–H and O–H groups in total. The van der Waals surface area contributed by atoms with E-state index in [1.54, 1.807) is 0 Å². The van der Waals surface area contributed by atoms with Gasteiger partial charge in [0, 0.05) is 5.56 Å². The van der Waals surface area contributed by atoms with Crippen LogP contribution in [0, 0.1) is 5.41 Å². The third-order valence-corrected chi connectivity index (χ3v) is 3.03. The maximum atomic E-state index is 11.1. The number of benzene rings is 1. The first-order valence-corrected chi connectivity index (χ1v) is 6.33. The summed E-state index contributed by atoms with van der Waals surface area (Å²) in [5, 5.41) is 9.64. The first-order chi connectivity index (χ1) is 7.11. The number of hydrogen-bond acceptors (Lipinski definition) is 3. The fraction of sp³-hybridized carbons (Fsp3) is 0.455. The van der Waals surface area contributed by atoms with Crippen LogP contribution in [-0.2, 0) is 16.5 Å². The molecule has 0 aromatic heterocycles. The van der Waals surface area contributed by atoms with Gasteiger partial charge in [-0.05, 0) is 24.0 Å². The van der Waals surface area contributed by atoms with E-state index in [0.29, 0.717) is 6.42 Å². The van der Waals surface area contributed by atoms with Crippen molar-refractivity contribution in [1.82, 2.24) is 0 Å². The minimum absolute atomic E-state index is 0.106. The van der Waals surface area contributed by atoms with Gasteiger partial charge in [-0.3, -0.25) is 4.55 Å². The lowest BCUT2D eigenvalue weighted by Gasteiger charge is -2.20.